The summed E-state index contributed by atoms with van der Waals surface area (Å²) in [7, 11) is 1.74. The molecule has 0 aromatic heterocycles. The van der Waals surface area contributed by atoms with Gasteiger partial charge in [0.1, 0.15) is 6.04 Å². The molecule has 5 nitrogen and oxygen atoms in total. The highest BCUT2D eigenvalue weighted by molar-refractivity contribution is 5.73. The maximum Gasteiger partial charge on any atom is 0.320 e. The summed E-state index contributed by atoms with van der Waals surface area (Å²) in [6, 6.07) is -0.244. The van der Waals surface area contributed by atoms with Crippen molar-refractivity contribution in [2.24, 2.45) is 5.92 Å². The Kier molecular flexibility index (Phi) is 7.34. The minimum atomic E-state index is -0.751. The van der Waals surface area contributed by atoms with Crippen molar-refractivity contribution >= 4 is 5.97 Å². The van der Waals surface area contributed by atoms with Crippen LogP contribution in [0.2, 0.25) is 0 Å². The summed E-state index contributed by atoms with van der Waals surface area (Å²) < 4.78 is 5.21. The summed E-state index contributed by atoms with van der Waals surface area (Å²) in [5, 5.41) is 12.3. The van der Waals surface area contributed by atoms with Crippen molar-refractivity contribution in [3.8, 4) is 0 Å². The highest BCUT2D eigenvalue weighted by Crippen LogP contribution is 2.17. The number of nitrogens with zero attached hydrogens (tertiary/aromatic N) is 1. The molecule has 1 heterocycles. The predicted molar refractivity (Wildman–Crippen MR) is 75.4 cm³/mol. The van der Waals surface area contributed by atoms with Crippen LogP contribution in [-0.4, -0.2) is 61.4 Å². The predicted octanol–water partition coefficient (Wildman–Crippen LogP) is 1.19. The van der Waals surface area contributed by atoms with E-state index in [4.69, 9.17) is 4.74 Å². The first-order chi connectivity index (χ1) is 9.02. The van der Waals surface area contributed by atoms with Gasteiger partial charge in [-0.25, -0.2) is 0 Å². The molecule has 0 saturated carbocycles. The van der Waals surface area contributed by atoms with Gasteiger partial charge in [-0.1, -0.05) is 13.8 Å². The van der Waals surface area contributed by atoms with Gasteiger partial charge in [0.25, 0.3) is 0 Å². The summed E-state index contributed by atoms with van der Waals surface area (Å²) in [6.07, 6.45) is 3.06. The molecule has 0 radical (unpaired) electrons. The molecule has 2 atom stereocenters. The smallest absolute Gasteiger partial charge is 0.320 e. The van der Waals surface area contributed by atoms with Crippen molar-refractivity contribution in [1.29, 1.82) is 0 Å². The summed E-state index contributed by atoms with van der Waals surface area (Å²) >= 11 is 0. The largest absolute Gasteiger partial charge is 0.480 e. The lowest BCUT2D eigenvalue weighted by Gasteiger charge is -2.33. The minimum Gasteiger partial charge on any atom is -0.480 e. The first-order valence-corrected chi connectivity index (χ1v) is 7.23. The third-order valence-corrected chi connectivity index (χ3v) is 3.57. The zero-order chi connectivity index (χ0) is 14.3. The Morgan fingerprint density at radius 2 is 2.26 bits per heavy atom. The number of likely N-dealkylation sites (tertiary alicyclic amines) is 1. The van der Waals surface area contributed by atoms with Crippen LogP contribution < -0.4 is 5.32 Å². The van der Waals surface area contributed by atoms with Gasteiger partial charge in [-0.05, 0) is 31.7 Å². The fourth-order valence-electron chi connectivity index (χ4n) is 2.72. The Labute approximate surface area is 116 Å². The average Bonchev–Trinajstić information content (AvgIpc) is 2.34. The maximum absolute atomic E-state index is 11.2. The number of methoxy groups -OCH3 is 1. The first kappa shape index (κ1) is 16.4. The van der Waals surface area contributed by atoms with E-state index in [0.717, 1.165) is 26.2 Å². The molecule has 1 aliphatic rings. The lowest BCUT2D eigenvalue weighted by molar-refractivity contribution is -0.140. The standard InChI is InChI=1S/C14H28N2O3/c1-11(2)15-13(14(17)18)6-8-16-7-4-5-12(9-16)10-19-3/h11-13,15H,4-10H2,1-3H3,(H,17,18). The number of hydrogen-bond donors (Lipinski definition) is 2. The van der Waals surface area contributed by atoms with Crippen LogP contribution in [0.15, 0.2) is 0 Å². The van der Waals surface area contributed by atoms with Crippen molar-refractivity contribution in [1.82, 2.24) is 10.2 Å². The molecule has 112 valence electrons. The highest BCUT2D eigenvalue weighted by atomic mass is 16.5. The van der Waals surface area contributed by atoms with Crippen molar-refractivity contribution < 1.29 is 14.6 Å². The SMILES string of the molecule is COCC1CCCN(CCC(NC(C)C)C(=O)O)C1. The molecule has 1 aliphatic heterocycles. The zero-order valence-electron chi connectivity index (χ0n) is 12.4. The van der Waals surface area contributed by atoms with Gasteiger partial charge >= 0.3 is 5.97 Å². The molecule has 0 spiro atoms. The van der Waals surface area contributed by atoms with E-state index < -0.39 is 12.0 Å². The molecule has 5 heteroatoms. The number of piperidine rings is 1. The topological polar surface area (TPSA) is 61.8 Å². The second-order valence-electron chi connectivity index (χ2n) is 5.77. The van der Waals surface area contributed by atoms with Gasteiger partial charge in [0.15, 0.2) is 0 Å². The van der Waals surface area contributed by atoms with E-state index in [9.17, 15) is 9.90 Å². The van der Waals surface area contributed by atoms with Gasteiger partial charge in [0.2, 0.25) is 0 Å². The van der Waals surface area contributed by atoms with E-state index in [2.05, 4.69) is 10.2 Å². The van der Waals surface area contributed by atoms with Crippen LogP contribution >= 0.6 is 0 Å². The molecule has 0 aromatic rings. The molecule has 1 rings (SSSR count). The summed E-state index contributed by atoms with van der Waals surface area (Å²) in [5.74, 6) is -0.153. The summed E-state index contributed by atoms with van der Waals surface area (Å²) in [4.78, 5) is 13.5. The zero-order valence-corrected chi connectivity index (χ0v) is 12.4. The monoisotopic (exact) mass is 272 g/mol. The number of aliphatic carboxylic acids is 1. The fourth-order valence-corrected chi connectivity index (χ4v) is 2.72. The molecule has 1 fully saturated rings. The molecule has 2 N–H and O–H groups in total. The minimum absolute atomic E-state index is 0.198. The number of carbonyl (C=O) groups is 1. The Morgan fingerprint density at radius 3 is 2.84 bits per heavy atom. The van der Waals surface area contributed by atoms with Crippen LogP contribution in [0.1, 0.15) is 33.1 Å². The molecule has 0 bridgehead atoms. The second-order valence-corrected chi connectivity index (χ2v) is 5.77. The van der Waals surface area contributed by atoms with Crippen molar-refractivity contribution in [2.45, 2.75) is 45.2 Å². The van der Waals surface area contributed by atoms with Crippen LogP contribution in [-0.2, 0) is 9.53 Å². The molecule has 0 aromatic carbocycles. The Bertz CT molecular complexity index is 269. The van der Waals surface area contributed by atoms with E-state index in [1.165, 1.54) is 12.8 Å². The van der Waals surface area contributed by atoms with E-state index in [1.807, 2.05) is 13.8 Å². The van der Waals surface area contributed by atoms with Crippen LogP contribution in [0.4, 0.5) is 0 Å². The normalized spacial score (nSPS) is 22.6. The van der Waals surface area contributed by atoms with E-state index in [0.29, 0.717) is 12.3 Å². The van der Waals surface area contributed by atoms with Gasteiger partial charge < -0.3 is 20.1 Å². The quantitative estimate of drug-likeness (QED) is 0.695. The Hall–Kier alpha value is -0.650. The number of carboxylic acids is 1. The summed E-state index contributed by atoms with van der Waals surface area (Å²) in [6.45, 7) is 7.72. The maximum atomic E-state index is 11.2. The third kappa shape index (κ3) is 6.36. The van der Waals surface area contributed by atoms with E-state index in [-0.39, 0.29) is 6.04 Å². The van der Waals surface area contributed by atoms with Crippen molar-refractivity contribution in [3.63, 3.8) is 0 Å². The van der Waals surface area contributed by atoms with Crippen LogP contribution in [0.5, 0.6) is 0 Å². The van der Waals surface area contributed by atoms with Gasteiger partial charge in [-0.15, -0.1) is 0 Å². The fraction of sp³-hybridized carbons (Fsp3) is 0.929. The molecule has 1 saturated heterocycles. The van der Waals surface area contributed by atoms with Gasteiger partial charge in [0.05, 0.1) is 6.61 Å². The van der Waals surface area contributed by atoms with Crippen molar-refractivity contribution in [2.75, 3.05) is 33.4 Å². The second kappa shape index (κ2) is 8.51. The average molecular weight is 272 g/mol. The van der Waals surface area contributed by atoms with E-state index in [1.54, 1.807) is 7.11 Å². The first-order valence-electron chi connectivity index (χ1n) is 7.23. The number of ether oxygens (including phenoxy) is 1. The molecule has 19 heavy (non-hydrogen) atoms. The van der Waals surface area contributed by atoms with Crippen LogP contribution in [0.3, 0.4) is 0 Å². The number of nitrogens with one attached hydrogen (secondary N) is 1. The molecule has 0 aliphatic carbocycles. The van der Waals surface area contributed by atoms with Crippen molar-refractivity contribution in [3.05, 3.63) is 0 Å². The van der Waals surface area contributed by atoms with Crippen LogP contribution in [0.25, 0.3) is 0 Å². The van der Waals surface area contributed by atoms with E-state index >= 15 is 0 Å². The van der Waals surface area contributed by atoms with Gasteiger partial charge in [-0.2, -0.15) is 0 Å². The molecule has 0 amide bonds. The Morgan fingerprint density at radius 1 is 1.53 bits per heavy atom. The number of carboxylic acid groups (broad SMARTS) is 1. The third-order valence-electron chi connectivity index (χ3n) is 3.57. The Balaban J connectivity index is 2.34. The molecular formula is C14H28N2O3. The van der Waals surface area contributed by atoms with Gasteiger partial charge in [-0.3, -0.25) is 4.79 Å². The lowest BCUT2D eigenvalue weighted by atomic mass is 9.98. The number of hydrogen-bond acceptors (Lipinski definition) is 4. The number of rotatable bonds is 8. The molecular weight excluding hydrogens is 244 g/mol. The summed E-state index contributed by atoms with van der Waals surface area (Å²) in [5.41, 5.74) is 0. The van der Waals surface area contributed by atoms with Crippen LogP contribution in [0, 0.1) is 5.92 Å². The molecule has 2 unspecified atom stereocenters. The lowest BCUT2D eigenvalue weighted by Crippen LogP contribution is -2.45. The highest BCUT2D eigenvalue weighted by Gasteiger charge is 2.23. The van der Waals surface area contributed by atoms with Gasteiger partial charge in [0, 0.05) is 26.2 Å².